The second-order valence-electron chi connectivity index (χ2n) is 4.90. The van der Waals surface area contributed by atoms with E-state index in [-0.39, 0.29) is 17.6 Å². The lowest BCUT2D eigenvalue weighted by Crippen LogP contribution is -2.33. The summed E-state index contributed by atoms with van der Waals surface area (Å²) >= 11 is 0. The van der Waals surface area contributed by atoms with Crippen molar-refractivity contribution in [3.63, 3.8) is 0 Å². The first-order chi connectivity index (χ1) is 9.13. The minimum atomic E-state index is -0.424. The molecule has 1 aliphatic carbocycles. The van der Waals surface area contributed by atoms with Crippen molar-refractivity contribution in [2.45, 2.75) is 37.8 Å². The van der Waals surface area contributed by atoms with Gasteiger partial charge in [0.05, 0.1) is 18.4 Å². The van der Waals surface area contributed by atoms with E-state index in [1.807, 2.05) is 6.07 Å². The fourth-order valence-electron chi connectivity index (χ4n) is 2.40. The van der Waals surface area contributed by atoms with Gasteiger partial charge in [0.1, 0.15) is 17.6 Å². The summed E-state index contributed by atoms with van der Waals surface area (Å²) in [5.41, 5.74) is 6.44. The quantitative estimate of drug-likeness (QED) is 0.878. The lowest BCUT2D eigenvalue weighted by molar-refractivity contribution is 0.406. The highest BCUT2D eigenvalue weighted by atomic mass is 19.1. The molecule has 102 valence electrons. The van der Waals surface area contributed by atoms with Gasteiger partial charge in [0.2, 0.25) is 0 Å². The van der Waals surface area contributed by atoms with E-state index in [0.717, 1.165) is 25.7 Å². The van der Waals surface area contributed by atoms with Gasteiger partial charge in [-0.1, -0.05) is 0 Å². The Morgan fingerprint density at radius 1 is 1.37 bits per heavy atom. The van der Waals surface area contributed by atoms with Crippen LogP contribution in [-0.2, 0) is 0 Å². The number of hydrogen-bond donors (Lipinski definition) is 2. The molecule has 1 fully saturated rings. The highest BCUT2D eigenvalue weighted by Gasteiger charge is 2.20. The van der Waals surface area contributed by atoms with Crippen LogP contribution in [0.2, 0.25) is 0 Å². The number of ether oxygens (including phenoxy) is 1. The van der Waals surface area contributed by atoms with E-state index in [4.69, 9.17) is 15.7 Å². The Labute approximate surface area is 112 Å². The van der Waals surface area contributed by atoms with Gasteiger partial charge in [0.25, 0.3) is 0 Å². The van der Waals surface area contributed by atoms with Crippen LogP contribution in [0.15, 0.2) is 12.1 Å². The standard InChI is InChI=1S/C14H18FN3O/c1-19-14-7-13(12(15)6-9(14)8-16)18-11-4-2-10(17)3-5-11/h6-7,10-11,18H,2-5,17H2,1H3/t10-,11-. The number of rotatable bonds is 3. The van der Waals surface area contributed by atoms with Gasteiger partial charge in [-0.25, -0.2) is 4.39 Å². The summed E-state index contributed by atoms with van der Waals surface area (Å²) in [6.45, 7) is 0. The Balaban J connectivity index is 2.14. The lowest BCUT2D eigenvalue weighted by Gasteiger charge is -2.28. The molecule has 0 unspecified atom stereocenters. The highest BCUT2D eigenvalue weighted by Crippen LogP contribution is 2.28. The maximum atomic E-state index is 13.9. The van der Waals surface area contributed by atoms with Gasteiger partial charge in [-0.15, -0.1) is 0 Å². The van der Waals surface area contributed by atoms with Gasteiger partial charge in [-0.2, -0.15) is 5.26 Å². The second-order valence-corrected chi connectivity index (χ2v) is 4.90. The van der Waals surface area contributed by atoms with Gasteiger partial charge in [0.15, 0.2) is 0 Å². The molecule has 0 heterocycles. The van der Waals surface area contributed by atoms with Gasteiger partial charge in [0, 0.05) is 18.2 Å². The Bertz CT molecular complexity index is 490. The minimum Gasteiger partial charge on any atom is -0.495 e. The van der Waals surface area contributed by atoms with E-state index in [2.05, 4.69) is 5.32 Å². The van der Waals surface area contributed by atoms with Crippen LogP contribution in [0, 0.1) is 17.1 Å². The van der Waals surface area contributed by atoms with Crippen molar-refractivity contribution in [3.05, 3.63) is 23.5 Å². The second kappa shape index (κ2) is 5.89. The molecular weight excluding hydrogens is 245 g/mol. The van der Waals surface area contributed by atoms with E-state index in [9.17, 15) is 4.39 Å². The Kier molecular flexibility index (Phi) is 4.23. The molecule has 1 aromatic carbocycles. The van der Waals surface area contributed by atoms with Crippen molar-refractivity contribution in [2.24, 2.45) is 5.73 Å². The number of nitriles is 1. The summed E-state index contributed by atoms with van der Waals surface area (Å²) in [6, 6.07) is 5.15. The molecule has 19 heavy (non-hydrogen) atoms. The summed E-state index contributed by atoms with van der Waals surface area (Å²) in [5.74, 6) is -0.0360. The molecule has 5 heteroatoms. The number of hydrogen-bond acceptors (Lipinski definition) is 4. The van der Waals surface area contributed by atoms with Crippen LogP contribution in [0.5, 0.6) is 5.75 Å². The van der Waals surface area contributed by atoms with Gasteiger partial charge >= 0.3 is 0 Å². The third-order valence-electron chi connectivity index (χ3n) is 3.54. The molecule has 0 amide bonds. The van der Waals surface area contributed by atoms with Crippen molar-refractivity contribution in [3.8, 4) is 11.8 Å². The summed E-state index contributed by atoms with van der Waals surface area (Å²) < 4.78 is 19.0. The van der Waals surface area contributed by atoms with Crippen molar-refractivity contribution >= 4 is 5.69 Å². The average Bonchev–Trinajstić information content (AvgIpc) is 2.43. The Morgan fingerprint density at radius 2 is 2.05 bits per heavy atom. The first kappa shape index (κ1) is 13.6. The van der Waals surface area contributed by atoms with Crippen molar-refractivity contribution in [2.75, 3.05) is 12.4 Å². The monoisotopic (exact) mass is 263 g/mol. The Hall–Kier alpha value is -1.80. The minimum absolute atomic E-state index is 0.205. The number of nitrogens with two attached hydrogens (primary N) is 1. The fraction of sp³-hybridized carbons (Fsp3) is 0.500. The van der Waals surface area contributed by atoms with Crippen molar-refractivity contribution in [1.29, 1.82) is 5.26 Å². The molecule has 0 saturated heterocycles. The van der Waals surface area contributed by atoms with E-state index >= 15 is 0 Å². The number of nitrogens with one attached hydrogen (secondary N) is 1. The summed E-state index contributed by atoms with van der Waals surface area (Å²) in [6.07, 6.45) is 3.77. The molecule has 0 aromatic heterocycles. The molecule has 0 spiro atoms. The van der Waals surface area contributed by atoms with E-state index < -0.39 is 5.82 Å². The van der Waals surface area contributed by atoms with Crippen molar-refractivity contribution < 1.29 is 9.13 Å². The molecule has 0 radical (unpaired) electrons. The number of halogens is 1. The van der Waals surface area contributed by atoms with E-state index in [0.29, 0.717) is 11.4 Å². The molecule has 2 rings (SSSR count). The third-order valence-corrected chi connectivity index (χ3v) is 3.54. The summed E-state index contributed by atoms with van der Waals surface area (Å²) in [5, 5.41) is 12.1. The fourth-order valence-corrected chi connectivity index (χ4v) is 2.40. The first-order valence-electron chi connectivity index (χ1n) is 6.43. The topological polar surface area (TPSA) is 71.1 Å². The SMILES string of the molecule is COc1cc(N[C@H]2CC[C@H](N)CC2)c(F)cc1C#N. The van der Waals surface area contributed by atoms with Crippen LogP contribution in [0.3, 0.4) is 0 Å². The Morgan fingerprint density at radius 3 is 2.63 bits per heavy atom. The zero-order valence-electron chi connectivity index (χ0n) is 10.9. The van der Waals surface area contributed by atoms with Crippen LogP contribution in [-0.4, -0.2) is 19.2 Å². The number of benzene rings is 1. The number of nitrogens with zero attached hydrogens (tertiary/aromatic N) is 1. The van der Waals surface area contributed by atoms with Crippen molar-refractivity contribution in [1.82, 2.24) is 0 Å². The lowest BCUT2D eigenvalue weighted by atomic mass is 9.91. The van der Waals surface area contributed by atoms with E-state index in [1.165, 1.54) is 13.2 Å². The molecule has 4 nitrogen and oxygen atoms in total. The smallest absolute Gasteiger partial charge is 0.147 e. The third kappa shape index (κ3) is 3.15. The molecule has 0 bridgehead atoms. The average molecular weight is 263 g/mol. The van der Waals surface area contributed by atoms with Crippen LogP contribution in [0.1, 0.15) is 31.2 Å². The molecular formula is C14H18FN3O. The van der Waals surface area contributed by atoms with Crippen LogP contribution >= 0.6 is 0 Å². The van der Waals surface area contributed by atoms with Gasteiger partial charge in [-0.05, 0) is 31.7 Å². The van der Waals surface area contributed by atoms with Crippen LogP contribution in [0.4, 0.5) is 10.1 Å². The summed E-state index contributed by atoms with van der Waals surface area (Å²) in [7, 11) is 1.47. The first-order valence-corrected chi connectivity index (χ1v) is 6.43. The van der Waals surface area contributed by atoms with Crippen LogP contribution in [0.25, 0.3) is 0 Å². The number of methoxy groups -OCH3 is 1. The molecule has 3 N–H and O–H groups in total. The zero-order valence-corrected chi connectivity index (χ0v) is 10.9. The maximum Gasteiger partial charge on any atom is 0.147 e. The normalized spacial score (nSPS) is 22.6. The molecule has 0 atom stereocenters. The molecule has 1 aromatic rings. The molecule has 0 aliphatic heterocycles. The van der Waals surface area contributed by atoms with Gasteiger partial charge < -0.3 is 15.8 Å². The zero-order chi connectivity index (χ0) is 13.8. The predicted octanol–water partition coefficient (Wildman–Crippen LogP) is 2.39. The maximum absolute atomic E-state index is 13.9. The van der Waals surface area contributed by atoms with E-state index in [1.54, 1.807) is 6.07 Å². The molecule has 1 aliphatic rings. The molecule has 1 saturated carbocycles. The number of anilines is 1. The highest BCUT2D eigenvalue weighted by molar-refractivity contribution is 5.57. The summed E-state index contributed by atoms with van der Waals surface area (Å²) in [4.78, 5) is 0. The predicted molar refractivity (Wildman–Crippen MR) is 71.5 cm³/mol. The van der Waals surface area contributed by atoms with Gasteiger partial charge in [-0.3, -0.25) is 0 Å². The van der Waals surface area contributed by atoms with Crippen LogP contribution < -0.4 is 15.8 Å². The largest absolute Gasteiger partial charge is 0.495 e.